The van der Waals surface area contributed by atoms with E-state index in [0.717, 1.165) is 10.8 Å². The lowest BCUT2D eigenvalue weighted by atomic mass is 10.1. The first-order chi connectivity index (χ1) is 10.7. The van der Waals surface area contributed by atoms with Crippen LogP contribution in [0.5, 0.6) is 5.75 Å². The molecule has 0 aromatic heterocycles. The molecule has 0 aliphatic rings. The van der Waals surface area contributed by atoms with E-state index in [9.17, 15) is 4.57 Å². The predicted molar refractivity (Wildman–Crippen MR) is 87.0 cm³/mol. The van der Waals surface area contributed by atoms with Crippen molar-refractivity contribution < 1.29 is 23.5 Å². The van der Waals surface area contributed by atoms with Crippen LogP contribution in [-0.2, 0) is 13.6 Å². The largest absolute Gasteiger partial charge is 0.490 e. The Balaban J connectivity index is 2.62. The molecule has 0 aliphatic heterocycles. The van der Waals surface area contributed by atoms with Crippen molar-refractivity contribution in [1.82, 2.24) is 0 Å². The van der Waals surface area contributed by atoms with Gasteiger partial charge in [0.1, 0.15) is 17.7 Å². The van der Waals surface area contributed by atoms with Crippen molar-refractivity contribution in [1.29, 1.82) is 0 Å². The van der Waals surface area contributed by atoms with Crippen molar-refractivity contribution in [2.24, 2.45) is 0 Å². The van der Waals surface area contributed by atoms with E-state index in [1.54, 1.807) is 19.9 Å². The van der Waals surface area contributed by atoms with Crippen LogP contribution < -0.4 is 10.0 Å². The van der Waals surface area contributed by atoms with Gasteiger partial charge in [-0.3, -0.25) is 4.57 Å². The molecule has 6 heteroatoms. The van der Waals surface area contributed by atoms with Crippen molar-refractivity contribution >= 4 is 23.7 Å². The summed E-state index contributed by atoms with van der Waals surface area (Å²) >= 11 is 0. The zero-order chi connectivity index (χ0) is 16.0. The molecule has 0 saturated carbocycles. The number of rotatable bonds is 8. The molecule has 2 aromatic carbocycles. The standard InChI is InChI=1S/C16H21O5P/c1-3-20-22(18,21-4-2)15-10-9-13-7-5-6-8-14(13)16(15)19-12-11-17/h5-10,17H,3-4,11-12H2,1-2H3. The number of ether oxygens (including phenoxy) is 1. The smallest absolute Gasteiger partial charge is 0.365 e. The lowest BCUT2D eigenvalue weighted by molar-refractivity contribution is 0.201. The molecule has 0 radical (unpaired) electrons. The molecule has 0 spiro atoms. The van der Waals surface area contributed by atoms with Crippen LogP contribution in [0.15, 0.2) is 36.4 Å². The third kappa shape index (κ3) is 3.50. The molecular formula is C16H21O5P. The Labute approximate surface area is 130 Å². The van der Waals surface area contributed by atoms with Gasteiger partial charge in [0.25, 0.3) is 0 Å². The highest BCUT2D eigenvalue weighted by atomic mass is 31.2. The fraction of sp³-hybridized carbons (Fsp3) is 0.375. The minimum absolute atomic E-state index is 0.110. The van der Waals surface area contributed by atoms with Crippen LogP contribution >= 0.6 is 7.60 Å². The third-order valence-electron chi connectivity index (χ3n) is 3.09. The van der Waals surface area contributed by atoms with Crippen LogP contribution in [0.3, 0.4) is 0 Å². The van der Waals surface area contributed by atoms with E-state index in [4.69, 9.17) is 18.9 Å². The number of fused-ring (bicyclic) bond motifs is 1. The Morgan fingerprint density at radius 2 is 1.73 bits per heavy atom. The van der Waals surface area contributed by atoms with Crippen LogP contribution in [0, 0.1) is 0 Å². The Morgan fingerprint density at radius 3 is 2.36 bits per heavy atom. The maximum absolute atomic E-state index is 13.1. The van der Waals surface area contributed by atoms with E-state index in [0.29, 0.717) is 11.1 Å². The molecular weight excluding hydrogens is 303 g/mol. The average molecular weight is 324 g/mol. The average Bonchev–Trinajstić information content (AvgIpc) is 2.52. The second kappa shape index (κ2) is 7.75. The van der Waals surface area contributed by atoms with Gasteiger partial charge in [0, 0.05) is 5.39 Å². The zero-order valence-corrected chi connectivity index (χ0v) is 13.7. The summed E-state index contributed by atoms with van der Waals surface area (Å²) < 4.78 is 29.5. The molecule has 0 bridgehead atoms. The Bertz CT molecular complexity index is 661. The Hall–Kier alpha value is -1.39. The fourth-order valence-corrected chi connectivity index (χ4v) is 3.99. The first-order valence-corrected chi connectivity index (χ1v) is 8.85. The molecule has 120 valence electrons. The number of aliphatic hydroxyl groups excluding tert-OH is 1. The van der Waals surface area contributed by atoms with Gasteiger partial charge in [-0.05, 0) is 25.3 Å². The summed E-state index contributed by atoms with van der Waals surface area (Å²) in [6, 6.07) is 11.2. The maximum atomic E-state index is 13.1. The molecule has 0 heterocycles. The summed E-state index contributed by atoms with van der Waals surface area (Å²) in [4.78, 5) is 0. The van der Waals surface area contributed by atoms with Crippen molar-refractivity contribution in [2.45, 2.75) is 13.8 Å². The first kappa shape index (κ1) is 17.0. The summed E-state index contributed by atoms with van der Waals surface area (Å²) in [5.41, 5.74) is 0. The van der Waals surface area contributed by atoms with Gasteiger partial charge < -0.3 is 18.9 Å². The summed E-state index contributed by atoms with van der Waals surface area (Å²) in [7, 11) is -3.46. The van der Waals surface area contributed by atoms with Gasteiger partial charge in [-0.2, -0.15) is 0 Å². The SMILES string of the molecule is CCOP(=O)(OCC)c1ccc2ccccc2c1OCCO. The van der Waals surface area contributed by atoms with Crippen molar-refractivity contribution in [3.8, 4) is 5.75 Å². The normalized spacial score (nSPS) is 11.8. The van der Waals surface area contributed by atoms with Crippen molar-refractivity contribution in [3.63, 3.8) is 0 Å². The van der Waals surface area contributed by atoms with E-state index in [-0.39, 0.29) is 26.4 Å². The van der Waals surface area contributed by atoms with Crippen LogP contribution in [0.25, 0.3) is 10.8 Å². The number of hydrogen-bond acceptors (Lipinski definition) is 5. The van der Waals surface area contributed by atoms with Crippen LogP contribution in [0.2, 0.25) is 0 Å². The summed E-state index contributed by atoms with van der Waals surface area (Å²) in [6.07, 6.45) is 0. The zero-order valence-electron chi connectivity index (χ0n) is 12.8. The number of hydrogen-bond donors (Lipinski definition) is 1. The highest BCUT2D eigenvalue weighted by Gasteiger charge is 2.31. The minimum Gasteiger partial charge on any atom is -0.490 e. The topological polar surface area (TPSA) is 65.0 Å². The van der Waals surface area contributed by atoms with E-state index < -0.39 is 7.60 Å². The van der Waals surface area contributed by atoms with Crippen LogP contribution in [-0.4, -0.2) is 31.5 Å². The Kier molecular flexibility index (Phi) is 5.98. The molecule has 22 heavy (non-hydrogen) atoms. The lowest BCUT2D eigenvalue weighted by Crippen LogP contribution is -2.16. The third-order valence-corrected chi connectivity index (χ3v) is 5.23. The lowest BCUT2D eigenvalue weighted by Gasteiger charge is -2.21. The molecule has 0 atom stereocenters. The quantitative estimate of drug-likeness (QED) is 0.756. The van der Waals surface area contributed by atoms with Crippen molar-refractivity contribution in [2.75, 3.05) is 26.4 Å². The van der Waals surface area contributed by atoms with E-state index in [1.807, 2.05) is 30.3 Å². The van der Waals surface area contributed by atoms with Gasteiger partial charge in [0.15, 0.2) is 0 Å². The molecule has 2 rings (SSSR count). The monoisotopic (exact) mass is 324 g/mol. The number of benzene rings is 2. The van der Waals surface area contributed by atoms with Crippen LogP contribution in [0.1, 0.15) is 13.8 Å². The van der Waals surface area contributed by atoms with Crippen LogP contribution in [0.4, 0.5) is 0 Å². The summed E-state index contributed by atoms with van der Waals surface area (Å²) in [6.45, 7) is 4.05. The van der Waals surface area contributed by atoms with E-state index in [1.165, 1.54) is 0 Å². The summed E-state index contributed by atoms with van der Waals surface area (Å²) in [5, 5.41) is 11.2. The highest BCUT2D eigenvalue weighted by molar-refractivity contribution is 7.62. The highest BCUT2D eigenvalue weighted by Crippen LogP contribution is 2.50. The molecule has 0 fully saturated rings. The Morgan fingerprint density at radius 1 is 1.05 bits per heavy atom. The van der Waals surface area contributed by atoms with Gasteiger partial charge in [-0.25, -0.2) is 0 Å². The molecule has 1 N–H and O–H groups in total. The molecule has 5 nitrogen and oxygen atoms in total. The molecule has 0 amide bonds. The van der Waals surface area contributed by atoms with Crippen molar-refractivity contribution in [3.05, 3.63) is 36.4 Å². The van der Waals surface area contributed by atoms with Gasteiger partial charge in [0.05, 0.1) is 19.8 Å². The van der Waals surface area contributed by atoms with Gasteiger partial charge in [-0.15, -0.1) is 0 Å². The molecule has 0 unspecified atom stereocenters. The summed E-state index contributed by atoms with van der Waals surface area (Å²) in [5.74, 6) is 0.442. The maximum Gasteiger partial charge on any atom is 0.365 e. The van der Waals surface area contributed by atoms with Gasteiger partial charge in [-0.1, -0.05) is 30.3 Å². The molecule has 0 aliphatic carbocycles. The molecule has 2 aromatic rings. The first-order valence-electron chi connectivity index (χ1n) is 7.31. The fourth-order valence-electron chi connectivity index (χ4n) is 2.26. The van der Waals surface area contributed by atoms with Gasteiger partial charge >= 0.3 is 7.60 Å². The van der Waals surface area contributed by atoms with E-state index in [2.05, 4.69) is 0 Å². The number of aliphatic hydroxyl groups is 1. The second-order valence-corrected chi connectivity index (χ2v) is 6.53. The second-order valence-electron chi connectivity index (χ2n) is 4.54. The minimum atomic E-state index is -3.46. The van der Waals surface area contributed by atoms with E-state index >= 15 is 0 Å². The van der Waals surface area contributed by atoms with Gasteiger partial charge in [0.2, 0.25) is 0 Å². The molecule has 0 saturated heterocycles. The predicted octanol–water partition coefficient (Wildman–Crippen LogP) is 3.10.